The summed E-state index contributed by atoms with van der Waals surface area (Å²) in [6, 6.07) is 5.32. The number of nitrogens with zero attached hydrogens (tertiary/aromatic N) is 1. The fraction of sp³-hybridized carbons (Fsp3) is 0.667. The zero-order chi connectivity index (χ0) is 23.9. The molecule has 1 aromatic carbocycles. The van der Waals surface area contributed by atoms with Crippen molar-refractivity contribution in [2.45, 2.75) is 69.4 Å². The highest BCUT2D eigenvalue weighted by Crippen LogP contribution is 2.61. The van der Waals surface area contributed by atoms with Crippen LogP contribution in [-0.4, -0.2) is 70.8 Å². The van der Waals surface area contributed by atoms with Gasteiger partial charge in [-0.1, -0.05) is 18.1 Å². The number of ether oxygens (including phenoxy) is 1. The molecule has 8 atom stereocenters. The van der Waals surface area contributed by atoms with Crippen molar-refractivity contribution in [2.24, 2.45) is 22.4 Å². The van der Waals surface area contributed by atoms with Gasteiger partial charge in [-0.15, -0.1) is 0 Å². The van der Waals surface area contributed by atoms with Crippen molar-refractivity contribution in [3.05, 3.63) is 29.3 Å². The number of rotatable bonds is 7. The molecule has 0 bridgehead atoms. The molecular weight excluding hydrogens is 426 g/mol. The first-order valence-electron chi connectivity index (χ1n) is 11.7. The first-order chi connectivity index (χ1) is 15.7. The second kappa shape index (κ2) is 9.21. The number of aliphatic hydroxyl groups excluding tert-OH is 2. The average Bonchev–Trinajstić information content (AvgIpc) is 3.04. The Bertz CT molecular complexity index is 923. The lowest BCUT2D eigenvalue weighted by Gasteiger charge is -2.49. The molecule has 182 valence electrons. The van der Waals surface area contributed by atoms with Crippen LogP contribution in [0, 0.1) is 17.3 Å². The van der Waals surface area contributed by atoms with Crippen LogP contribution in [-0.2, 0) is 4.79 Å². The van der Waals surface area contributed by atoms with Crippen molar-refractivity contribution in [1.29, 1.82) is 0 Å². The van der Waals surface area contributed by atoms with E-state index in [0.29, 0.717) is 24.3 Å². The monoisotopic (exact) mass is 461 g/mol. The first kappa shape index (κ1) is 23.9. The normalized spacial score (nSPS) is 35.9. The van der Waals surface area contributed by atoms with Crippen LogP contribution in [0.2, 0.25) is 0 Å². The molecule has 9 nitrogen and oxygen atoms in total. The largest absolute Gasteiger partial charge is 0.481 e. The lowest BCUT2D eigenvalue weighted by molar-refractivity contribution is -0.138. The number of likely N-dealkylation sites (N-methyl/N-ethyl adjacent to an activating group) is 2. The van der Waals surface area contributed by atoms with Crippen LogP contribution in [0.15, 0.2) is 23.4 Å². The molecule has 2 fully saturated rings. The first-order valence-corrected chi connectivity index (χ1v) is 11.7. The molecule has 2 unspecified atom stereocenters. The van der Waals surface area contributed by atoms with Gasteiger partial charge in [0.1, 0.15) is 5.75 Å². The van der Waals surface area contributed by atoms with Gasteiger partial charge in [0, 0.05) is 5.56 Å². The summed E-state index contributed by atoms with van der Waals surface area (Å²) < 4.78 is 6.09. The Kier molecular flexibility index (Phi) is 6.68. The smallest absolute Gasteiger partial charge is 0.305 e. The zero-order valence-corrected chi connectivity index (χ0v) is 19.4. The molecule has 0 radical (unpaired) electrons. The van der Waals surface area contributed by atoms with Gasteiger partial charge < -0.3 is 30.6 Å². The summed E-state index contributed by atoms with van der Waals surface area (Å²) in [6.07, 6.45) is 0.769. The number of carboxylic acid groups (broad SMARTS) is 1. The Morgan fingerprint density at radius 1 is 1.30 bits per heavy atom. The molecule has 0 saturated heterocycles. The SMILES string of the molecule is CNC(CC(=O)O)C(NC)Oc1ccc2c(c1)C(=NO)C[C@@H]1[C@@H]2CC[C@]2(C)[C@@H](O)[C@H](O)C[C@@H]12. The van der Waals surface area contributed by atoms with E-state index < -0.39 is 30.4 Å². The molecule has 3 aliphatic rings. The molecule has 33 heavy (non-hydrogen) atoms. The minimum absolute atomic E-state index is 0.0993. The van der Waals surface area contributed by atoms with Gasteiger partial charge in [-0.05, 0) is 80.6 Å². The van der Waals surface area contributed by atoms with Crippen molar-refractivity contribution < 1.29 is 30.1 Å². The predicted molar refractivity (Wildman–Crippen MR) is 122 cm³/mol. The number of nitrogens with one attached hydrogen (secondary N) is 2. The molecule has 2 saturated carbocycles. The number of fused-ring (bicyclic) bond motifs is 5. The number of aliphatic hydroxyl groups is 2. The minimum atomic E-state index is -0.921. The maximum atomic E-state index is 11.2. The highest BCUT2D eigenvalue weighted by Gasteiger charge is 2.58. The second-order valence-electron chi connectivity index (χ2n) is 9.99. The van der Waals surface area contributed by atoms with E-state index in [0.717, 1.165) is 24.0 Å². The van der Waals surface area contributed by atoms with Crippen LogP contribution in [0.4, 0.5) is 0 Å². The molecule has 0 aliphatic heterocycles. The Hall–Kier alpha value is -2.20. The molecule has 0 spiro atoms. The summed E-state index contributed by atoms with van der Waals surface area (Å²) in [5.74, 6) is 0.243. The molecule has 0 amide bonds. The fourth-order valence-electron chi connectivity index (χ4n) is 6.59. The number of hydrogen-bond donors (Lipinski definition) is 6. The molecule has 9 heteroatoms. The molecule has 4 rings (SSSR count). The maximum Gasteiger partial charge on any atom is 0.305 e. The number of aliphatic carboxylic acids is 1. The summed E-state index contributed by atoms with van der Waals surface area (Å²) in [5, 5.41) is 49.6. The van der Waals surface area contributed by atoms with E-state index in [4.69, 9.17) is 4.74 Å². The van der Waals surface area contributed by atoms with Crippen LogP contribution >= 0.6 is 0 Å². The van der Waals surface area contributed by atoms with Crippen molar-refractivity contribution in [3.63, 3.8) is 0 Å². The van der Waals surface area contributed by atoms with Crippen LogP contribution in [0.5, 0.6) is 5.75 Å². The van der Waals surface area contributed by atoms with Gasteiger partial charge in [0.25, 0.3) is 0 Å². The van der Waals surface area contributed by atoms with E-state index in [-0.39, 0.29) is 29.6 Å². The highest BCUT2D eigenvalue weighted by molar-refractivity contribution is 6.03. The Labute approximate surface area is 193 Å². The summed E-state index contributed by atoms with van der Waals surface area (Å²) in [6.45, 7) is 2.07. The van der Waals surface area contributed by atoms with Gasteiger partial charge in [-0.3, -0.25) is 10.1 Å². The third-order valence-electron chi connectivity index (χ3n) is 8.37. The maximum absolute atomic E-state index is 11.2. The van der Waals surface area contributed by atoms with E-state index in [1.165, 1.54) is 0 Å². The molecule has 3 aliphatic carbocycles. The number of hydrogen-bond acceptors (Lipinski definition) is 8. The molecule has 6 N–H and O–H groups in total. The van der Waals surface area contributed by atoms with Gasteiger partial charge >= 0.3 is 5.97 Å². The van der Waals surface area contributed by atoms with Crippen molar-refractivity contribution >= 4 is 11.7 Å². The minimum Gasteiger partial charge on any atom is -0.481 e. The lowest BCUT2D eigenvalue weighted by atomic mass is 9.55. The Morgan fingerprint density at radius 3 is 2.70 bits per heavy atom. The van der Waals surface area contributed by atoms with Crippen molar-refractivity contribution in [3.8, 4) is 5.75 Å². The standard InChI is InChI=1S/C24H35N3O6/c1-24-7-6-14-13-5-4-12(33-23(26-3)19(25-2)11-21(29)30)8-16(13)18(27-32)9-15(14)17(24)10-20(28)22(24)31/h4-5,8,14-15,17,19-20,22-23,25-26,28,31-32H,6-7,9-11H2,1-3H3,(H,29,30)/t14-,15-,17+,19?,20-,22+,23?,24+/m1/s1. The quantitative estimate of drug-likeness (QED) is 0.204. The number of carbonyl (C=O) groups is 1. The molecule has 1 aromatic rings. The van der Waals surface area contributed by atoms with Gasteiger partial charge in [-0.25, -0.2) is 0 Å². The van der Waals surface area contributed by atoms with E-state index in [2.05, 4.69) is 22.7 Å². The average molecular weight is 462 g/mol. The molecular formula is C24H35N3O6. The summed E-state index contributed by atoms with van der Waals surface area (Å²) in [7, 11) is 3.41. The van der Waals surface area contributed by atoms with E-state index in [9.17, 15) is 25.3 Å². The molecule has 0 aromatic heterocycles. The Morgan fingerprint density at radius 2 is 2.06 bits per heavy atom. The number of carboxylic acids is 1. The third-order valence-corrected chi connectivity index (χ3v) is 8.37. The summed E-state index contributed by atoms with van der Waals surface area (Å²) >= 11 is 0. The highest BCUT2D eigenvalue weighted by atomic mass is 16.5. The summed E-state index contributed by atoms with van der Waals surface area (Å²) in [4.78, 5) is 11.2. The topological polar surface area (TPSA) is 144 Å². The number of oxime groups is 1. The van der Waals surface area contributed by atoms with Crippen molar-refractivity contribution in [2.75, 3.05) is 14.1 Å². The predicted octanol–water partition coefficient (Wildman–Crippen LogP) is 1.50. The van der Waals surface area contributed by atoms with Gasteiger partial charge in [0.05, 0.1) is 30.4 Å². The van der Waals surface area contributed by atoms with E-state index in [1.807, 2.05) is 18.2 Å². The number of benzene rings is 1. The van der Waals surface area contributed by atoms with Gasteiger partial charge in [-0.2, -0.15) is 0 Å². The summed E-state index contributed by atoms with van der Waals surface area (Å²) in [5.41, 5.74) is 2.19. The van der Waals surface area contributed by atoms with Crippen LogP contribution < -0.4 is 15.4 Å². The van der Waals surface area contributed by atoms with Crippen LogP contribution in [0.25, 0.3) is 0 Å². The molecule has 0 heterocycles. The third kappa shape index (κ3) is 4.12. The van der Waals surface area contributed by atoms with Gasteiger partial charge in [0.2, 0.25) is 0 Å². The lowest BCUT2D eigenvalue weighted by Crippen LogP contribution is -2.50. The Balaban J connectivity index is 1.62. The fourth-order valence-corrected chi connectivity index (χ4v) is 6.59. The second-order valence-corrected chi connectivity index (χ2v) is 9.99. The zero-order valence-electron chi connectivity index (χ0n) is 19.4. The van der Waals surface area contributed by atoms with E-state index >= 15 is 0 Å². The van der Waals surface area contributed by atoms with Crippen LogP contribution in [0.3, 0.4) is 0 Å². The van der Waals surface area contributed by atoms with Crippen LogP contribution in [0.1, 0.15) is 56.1 Å². The van der Waals surface area contributed by atoms with Crippen molar-refractivity contribution in [1.82, 2.24) is 10.6 Å². The van der Waals surface area contributed by atoms with E-state index in [1.54, 1.807) is 14.1 Å². The van der Waals surface area contributed by atoms with Gasteiger partial charge in [0.15, 0.2) is 6.23 Å².